The van der Waals surface area contributed by atoms with Crippen LogP contribution in [-0.2, 0) is 6.54 Å². The fourth-order valence-electron chi connectivity index (χ4n) is 2.58. The van der Waals surface area contributed by atoms with Crippen molar-refractivity contribution in [2.75, 3.05) is 19.6 Å². The topological polar surface area (TPSA) is 35.5 Å². The molecule has 20 heavy (non-hydrogen) atoms. The average Bonchev–Trinajstić information content (AvgIpc) is 2.40. The summed E-state index contributed by atoms with van der Waals surface area (Å²) in [6.45, 7) is 10.0. The molecule has 1 saturated heterocycles. The van der Waals surface area contributed by atoms with E-state index < -0.39 is 5.60 Å². The van der Waals surface area contributed by atoms with E-state index in [1.807, 2.05) is 0 Å². The van der Waals surface area contributed by atoms with Crippen molar-refractivity contribution in [2.24, 2.45) is 0 Å². The van der Waals surface area contributed by atoms with Crippen molar-refractivity contribution in [3.8, 4) is 0 Å². The van der Waals surface area contributed by atoms with Gasteiger partial charge in [0, 0.05) is 31.7 Å². The Balaban J connectivity index is 1.80. The highest BCUT2D eigenvalue weighted by Gasteiger charge is 2.32. The predicted molar refractivity (Wildman–Crippen MR) is 83.7 cm³/mol. The van der Waals surface area contributed by atoms with Crippen LogP contribution in [0.4, 0.5) is 0 Å². The van der Waals surface area contributed by atoms with Crippen molar-refractivity contribution in [1.29, 1.82) is 0 Å². The summed E-state index contributed by atoms with van der Waals surface area (Å²) in [4.78, 5) is 2.43. The van der Waals surface area contributed by atoms with E-state index in [1.165, 1.54) is 5.56 Å². The van der Waals surface area contributed by atoms with E-state index in [1.54, 1.807) is 0 Å². The van der Waals surface area contributed by atoms with Crippen LogP contribution in [0.15, 0.2) is 30.3 Å². The van der Waals surface area contributed by atoms with E-state index in [0.29, 0.717) is 6.54 Å². The summed E-state index contributed by atoms with van der Waals surface area (Å²) in [6, 6.07) is 10.6. The number of β-amino-alcohol motifs (C(OH)–C–C–N with tert-alkyl or cyclic N) is 1. The molecule has 0 radical (unpaired) electrons. The molecule has 0 aliphatic carbocycles. The third kappa shape index (κ3) is 4.89. The van der Waals surface area contributed by atoms with Crippen LogP contribution in [0.3, 0.4) is 0 Å². The van der Waals surface area contributed by atoms with Gasteiger partial charge in [-0.05, 0) is 39.2 Å². The van der Waals surface area contributed by atoms with Gasteiger partial charge in [-0.2, -0.15) is 0 Å². The monoisotopic (exact) mass is 276 g/mol. The van der Waals surface area contributed by atoms with Crippen LogP contribution >= 0.6 is 0 Å². The maximum Gasteiger partial charge on any atom is 0.0796 e. The van der Waals surface area contributed by atoms with Crippen LogP contribution < -0.4 is 5.32 Å². The van der Waals surface area contributed by atoms with Gasteiger partial charge in [0.1, 0.15) is 0 Å². The zero-order chi connectivity index (χ0) is 14.6. The molecule has 1 aliphatic rings. The lowest BCUT2D eigenvalue weighted by atomic mass is 9.90. The Hall–Kier alpha value is -0.900. The van der Waals surface area contributed by atoms with Gasteiger partial charge < -0.3 is 10.4 Å². The number of likely N-dealkylation sites (tertiary alicyclic amines) is 1. The summed E-state index contributed by atoms with van der Waals surface area (Å²) < 4.78 is 0. The second-order valence-corrected chi connectivity index (χ2v) is 7.09. The molecule has 0 unspecified atom stereocenters. The minimum Gasteiger partial charge on any atom is -0.388 e. The third-order valence-corrected chi connectivity index (χ3v) is 3.98. The van der Waals surface area contributed by atoms with Crippen molar-refractivity contribution in [1.82, 2.24) is 10.2 Å². The second kappa shape index (κ2) is 6.25. The Morgan fingerprint density at radius 1 is 1.15 bits per heavy atom. The quantitative estimate of drug-likeness (QED) is 0.886. The SMILES string of the molecule is CC(C)(C)NCC1(O)CCN(Cc2ccccc2)CC1. The Morgan fingerprint density at radius 3 is 2.30 bits per heavy atom. The molecular formula is C17H28N2O. The lowest BCUT2D eigenvalue weighted by molar-refractivity contribution is -0.0254. The molecule has 0 bridgehead atoms. The molecule has 2 rings (SSSR count). The van der Waals surface area contributed by atoms with Gasteiger partial charge in [0.2, 0.25) is 0 Å². The Labute approximate surface area is 123 Å². The molecule has 3 heteroatoms. The molecule has 0 amide bonds. The maximum absolute atomic E-state index is 10.6. The maximum atomic E-state index is 10.6. The molecule has 0 spiro atoms. The number of aliphatic hydroxyl groups is 1. The smallest absolute Gasteiger partial charge is 0.0796 e. The van der Waals surface area contributed by atoms with Crippen molar-refractivity contribution >= 4 is 0 Å². The molecule has 1 aromatic carbocycles. The van der Waals surface area contributed by atoms with Crippen molar-refractivity contribution in [3.05, 3.63) is 35.9 Å². The number of hydrogen-bond acceptors (Lipinski definition) is 3. The van der Waals surface area contributed by atoms with Crippen LogP contribution in [-0.4, -0.2) is 40.8 Å². The van der Waals surface area contributed by atoms with E-state index in [2.05, 4.69) is 61.3 Å². The zero-order valence-corrected chi connectivity index (χ0v) is 13.0. The van der Waals surface area contributed by atoms with Gasteiger partial charge in [-0.3, -0.25) is 4.90 Å². The number of nitrogens with zero attached hydrogens (tertiary/aromatic N) is 1. The van der Waals surface area contributed by atoms with Gasteiger partial charge in [0.25, 0.3) is 0 Å². The summed E-state index contributed by atoms with van der Waals surface area (Å²) in [5.74, 6) is 0. The zero-order valence-electron chi connectivity index (χ0n) is 13.0. The number of nitrogens with one attached hydrogen (secondary N) is 1. The number of rotatable bonds is 4. The largest absolute Gasteiger partial charge is 0.388 e. The van der Waals surface area contributed by atoms with Gasteiger partial charge in [0.05, 0.1) is 5.60 Å². The second-order valence-electron chi connectivity index (χ2n) is 7.09. The standard InChI is InChI=1S/C17H28N2O/c1-16(2,3)18-14-17(20)9-11-19(12-10-17)13-15-7-5-4-6-8-15/h4-8,18,20H,9-14H2,1-3H3. The highest BCUT2D eigenvalue weighted by molar-refractivity contribution is 5.14. The van der Waals surface area contributed by atoms with Crippen LogP contribution in [0.2, 0.25) is 0 Å². The van der Waals surface area contributed by atoms with E-state index in [9.17, 15) is 5.11 Å². The summed E-state index contributed by atoms with van der Waals surface area (Å²) >= 11 is 0. The summed E-state index contributed by atoms with van der Waals surface area (Å²) in [5.41, 5.74) is 0.878. The number of benzene rings is 1. The van der Waals surface area contributed by atoms with Crippen molar-refractivity contribution in [2.45, 2.75) is 51.3 Å². The molecule has 3 nitrogen and oxygen atoms in total. The molecule has 112 valence electrons. The predicted octanol–water partition coefficient (Wildman–Crippen LogP) is 2.40. The Kier molecular flexibility index (Phi) is 4.84. The number of piperidine rings is 1. The molecular weight excluding hydrogens is 248 g/mol. The van der Waals surface area contributed by atoms with Gasteiger partial charge in [-0.25, -0.2) is 0 Å². The first-order valence-electron chi connectivity index (χ1n) is 7.60. The minimum atomic E-state index is -0.541. The first-order chi connectivity index (χ1) is 9.36. The highest BCUT2D eigenvalue weighted by Crippen LogP contribution is 2.23. The fraction of sp³-hybridized carbons (Fsp3) is 0.647. The van der Waals surface area contributed by atoms with Crippen LogP contribution in [0.1, 0.15) is 39.2 Å². The first kappa shape index (κ1) is 15.5. The molecule has 2 N–H and O–H groups in total. The van der Waals surface area contributed by atoms with E-state index in [4.69, 9.17) is 0 Å². The van der Waals surface area contributed by atoms with Gasteiger partial charge >= 0.3 is 0 Å². The van der Waals surface area contributed by atoms with Crippen LogP contribution in [0.25, 0.3) is 0 Å². The van der Waals surface area contributed by atoms with E-state index in [0.717, 1.165) is 32.5 Å². The molecule has 1 fully saturated rings. The normalized spacial score (nSPS) is 20.0. The van der Waals surface area contributed by atoms with Crippen molar-refractivity contribution in [3.63, 3.8) is 0 Å². The van der Waals surface area contributed by atoms with E-state index in [-0.39, 0.29) is 5.54 Å². The summed E-state index contributed by atoms with van der Waals surface area (Å²) in [5, 5.41) is 14.1. The molecule has 1 aliphatic heterocycles. The van der Waals surface area contributed by atoms with Gasteiger partial charge in [-0.1, -0.05) is 30.3 Å². The van der Waals surface area contributed by atoms with Gasteiger partial charge in [-0.15, -0.1) is 0 Å². The molecule has 0 saturated carbocycles. The molecule has 1 aromatic rings. The van der Waals surface area contributed by atoms with Gasteiger partial charge in [0.15, 0.2) is 0 Å². The summed E-state index contributed by atoms with van der Waals surface area (Å²) in [6.07, 6.45) is 1.70. The van der Waals surface area contributed by atoms with E-state index >= 15 is 0 Å². The highest BCUT2D eigenvalue weighted by atomic mass is 16.3. The molecule has 0 aromatic heterocycles. The lowest BCUT2D eigenvalue weighted by Crippen LogP contribution is -2.53. The lowest BCUT2D eigenvalue weighted by Gasteiger charge is -2.40. The molecule has 1 heterocycles. The average molecular weight is 276 g/mol. The summed E-state index contributed by atoms with van der Waals surface area (Å²) in [7, 11) is 0. The van der Waals surface area contributed by atoms with Crippen LogP contribution in [0.5, 0.6) is 0 Å². The first-order valence-corrected chi connectivity index (χ1v) is 7.60. The minimum absolute atomic E-state index is 0.0664. The number of hydrogen-bond donors (Lipinski definition) is 2. The van der Waals surface area contributed by atoms with Crippen molar-refractivity contribution < 1.29 is 5.11 Å². The third-order valence-electron chi connectivity index (χ3n) is 3.98. The molecule has 0 atom stereocenters. The fourth-order valence-corrected chi connectivity index (χ4v) is 2.58. The van der Waals surface area contributed by atoms with Crippen LogP contribution in [0, 0.1) is 0 Å². The Bertz CT molecular complexity index is 403. The Morgan fingerprint density at radius 2 is 1.75 bits per heavy atom.